The Bertz CT molecular complexity index is 967. The fraction of sp³-hybridized carbons (Fsp3) is 0.448. The molecule has 0 bridgehead atoms. The molecule has 0 aromatic heterocycles. The van der Waals surface area contributed by atoms with Crippen LogP contribution in [0.4, 0.5) is 0 Å². The number of benzene rings is 2. The van der Waals surface area contributed by atoms with Gasteiger partial charge in [0.2, 0.25) is 0 Å². The Balaban J connectivity index is 1.16. The number of piperidine rings is 2. The van der Waals surface area contributed by atoms with Crippen molar-refractivity contribution < 1.29 is 19.2 Å². The molecule has 0 unspecified atom stereocenters. The summed E-state index contributed by atoms with van der Waals surface area (Å²) in [7, 11) is 0. The average Bonchev–Trinajstić information content (AvgIpc) is 2.93. The van der Waals surface area contributed by atoms with Crippen LogP contribution in [0, 0.1) is 11.8 Å². The smallest absolute Gasteiger partial charge is 0.254 e. The van der Waals surface area contributed by atoms with Crippen LogP contribution in [0.15, 0.2) is 48.5 Å². The standard InChI is InChI=1S/C29H34N2O4/c32-20-24-8-1-3-10-26(24)28(34)30-16-12-22(13-17-30)6-5-7-23-14-18-31(19-15-23)29(35)27-11-4-2-9-25(27)21-33/h1-4,8-11,20-23H,5-7,12-19H2. The molecule has 6 heteroatoms. The Morgan fingerprint density at radius 1 is 0.657 bits per heavy atom. The van der Waals surface area contributed by atoms with E-state index in [1.807, 2.05) is 9.80 Å². The molecule has 0 radical (unpaired) electrons. The maximum absolute atomic E-state index is 12.8. The highest BCUT2D eigenvalue weighted by atomic mass is 16.2. The molecule has 184 valence electrons. The first-order valence-corrected chi connectivity index (χ1v) is 12.8. The lowest BCUT2D eigenvalue weighted by Gasteiger charge is -2.34. The van der Waals surface area contributed by atoms with E-state index in [9.17, 15) is 19.2 Å². The summed E-state index contributed by atoms with van der Waals surface area (Å²) in [5.74, 6) is 1.20. The van der Waals surface area contributed by atoms with E-state index >= 15 is 0 Å². The summed E-state index contributed by atoms with van der Waals surface area (Å²) < 4.78 is 0. The molecule has 2 amide bonds. The van der Waals surface area contributed by atoms with Crippen LogP contribution < -0.4 is 0 Å². The van der Waals surface area contributed by atoms with Gasteiger partial charge in [0.05, 0.1) is 11.1 Å². The molecule has 2 aliphatic heterocycles. The summed E-state index contributed by atoms with van der Waals surface area (Å²) in [6, 6.07) is 14.0. The van der Waals surface area contributed by atoms with Crippen molar-refractivity contribution in [2.75, 3.05) is 26.2 Å². The molecule has 2 fully saturated rings. The molecular formula is C29H34N2O4. The number of likely N-dealkylation sites (tertiary alicyclic amines) is 2. The Morgan fingerprint density at radius 2 is 1.03 bits per heavy atom. The van der Waals surface area contributed by atoms with E-state index < -0.39 is 0 Å². The summed E-state index contributed by atoms with van der Waals surface area (Å²) in [6.07, 6.45) is 9.10. The molecule has 0 spiro atoms. The number of rotatable bonds is 8. The van der Waals surface area contributed by atoms with Gasteiger partial charge in [0.1, 0.15) is 0 Å². The summed E-state index contributed by atoms with van der Waals surface area (Å²) in [5, 5.41) is 0. The minimum atomic E-state index is -0.0387. The normalized spacial score (nSPS) is 17.3. The Morgan fingerprint density at radius 3 is 1.40 bits per heavy atom. The van der Waals surface area contributed by atoms with Crippen molar-refractivity contribution in [3.8, 4) is 0 Å². The first-order chi connectivity index (χ1) is 17.1. The molecule has 2 heterocycles. The van der Waals surface area contributed by atoms with E-state index in [-0.39, 0.29) is 11.8 Å². The highest BCUT2D eigenvalue weighted by Gasteiger charge is 2.27. The molecule has 2 aromatic rings. The zero-order valence-corrected chi connectivity index (χ0v) is 20.2. The number of amides is 2. The van der Waals surface area contributed by atoms with Gasteiger partial charge in [0.15, 0.2) is 12.6 Å². The molecule has 0 saturated carbocycles. The van der Waals surface area contributed by atoms with Crippen LogP contribution in [0.1, 0.15) is 86.4 Å². The molecule has 0 aliphatic carbocycles. The van der Waals surface area contributed by atoms with E-state index in [2.05, 4.69) is 0 Å². The molecule has 2 saturated heterocycles. The van der Waals surface area contributed by atoms with Crippen molar-refractivity contribution in [3.63, 3.8) is 0 Å². The molecule has 2 aliphatic rings. The van der Waals surface area contributed by atoms with Crippen LogP contribution in [-0.4, -0.2) is 60.4 Å². The van der Waals surface area contributed by atoms with Crippen molar-refractivity contribution in [2.45, 2.75) is 44.9 Å². The van der Waals surface area contributed by atoms with Crippen LogP contribution in [0.3, 0.4) is 0 Å². The predicted octanol–water partition coefficient (Wildman–Crippen LogP) is 4.89. The van der Waals surface area contributed by atoms with E-state index in [0.29, 0.717) is 34.1 Å². The Kier molecular flexibility index (Phi) is 8.45. The largest absolute Gasteiger partial charge is 0.339 e. The van der Waals surface area contributed by atoms with Gasteiger partial charge in [-0.3, -0.25) is 19.2 Å². The fourth-order valence-corrected chi connectivity index (χ4v) is 5.47. The highest BCUT2D eigenvalue weighted by Crippen LogP contribution is 2.28. The second-order valence-electron chi connectivity index (χ2n) is 9.81. The van der Waals surface area contributed by atoms with E-state index in [1.165, 1.54) is 19.3 Å². The van der Waals surface area contributed by atoms with Crippen molar-refractivity contribution >= 4 is 24.4 Å². The van der Waals surface area contributed by atoms with E-state index in [0.717, 1.165) is 64.4 Å². The number of hydrogen-bond acceptors (Lipinski definition) is 4. The second kappa shape index (κ2) is 11.9. The SMILES string of the molecule is O=Cc1ccccc1C(=O)N1CCC(CCCC2CCN(C(=O)c3ccccc3C=O)CC2)CC1. The van der Waals surface area contributed by atoms with E-state index in [1.54, 1.807) is 48.5 Å². The van der Waals surface area contributed by atoms with Crippen molar-refractivity contribution in [1.29, 1.82) is 0 Å². The third-order valence-electron chi connectivity index (χ3n) is 7.66. The van der Waals surface area contributed by atoms with Gasteiger partial charge in [-0.1, -0.05) is 55.7 Å². The zero-order valence-electron chi connectivity index (χ0n) is 20.2. The molecule has 2 aromatic carbocycles. The molecule has 6 nitrogen and oxygen atoms in total. The highest BCUT2D eigenvalue weighted by molar-refractivity contribution is 6.02. The lowest BCUT2D eigenvalue weighted by atomic mass is 9.86. The van der Waals surface area contributed by atoms with Crippen LogP contribution >= 0.6 is 0 Å². The van der Waals surface area contributed by atoms with E-state index in [4.69, 9.17) is 0 Å². The van der Waals surface area contributed by atoms with Crippen LogP contribution in [-0.2, 0) is 0 Å². The summed E-state index contributed by atoms with van der Waals surface area (Å²) >= 11 is 0. The van der Waals surface area contributed by atoms with Crippen molar-refractivity contribution in [1.82, 2.24) is 9.80 Å². The van der Waals surface area contributed by atoms with Crippen LogP contribution in [0.25, 0.3) is 0 Å². The topological polar surface area (TPSA) is 74.8 Å². The van der Waals surface area contributed by atoms with Gasteiger partial charge in [-0.25, -0.2) is 0 Å². The molecule has 35 heavy (non-hydrogen) atoms. The average molecular weight is 475 g/mol. The number of carbonyl (C=O) groups is 4. The van der Waals surface area contributed by atoms with Gasteiger partial charge < -0.3 is 9.80 Å². The van der Waals surface area contributed by atoms with Gasteiger partial charge in [-0.05, 0) is 49.7 Å². The number of nitrogens with zero attached hydrogens (tertiary/aromatic N) is 2. The van der Waals surface area contributed by atoms with Gasteiger partial charge in [-0.15, -0.1) is 0 Å². The van der Waals surface area contributed by atoms with Crippen molar-refractivity contribution in [2.24, 2.45) is 11.8 Å². The quantitative estimate of drug-likeness (QED) is 0.511. The second-order valence-corrected chi connectivity index (χ2v) is 9.81. The lowest BCUT2D eigenvalue weighted by Crippen LogP contribution is -2.39. The minimum Gasteiger partial charge on any atom is -0.339 e. The number of hydrogen-bond donors (Lipinski definition) is 0. The lowest BCUT2D eigenvalue weighted by molar-refractivity contribution is 0.0676. The molecular weight excluding hydrogens is 440 g/mol. The zero-order chi connectivity index (χ0) is 24.6. The monoisotopic (exact) mass is 474 g/mol. The van der Waals surface area contributed by atoms with Gasteiger partial charge in [0.25, 0.3) is 11.8 Å². The number of carbonyl (C=O) groups excluding carboxylic acids is 4. The van der Waals surface area contributed by atoms with Gasteiger partial charge in [0, 0.05) is 37.3 Å². The number of aldehydes is 2. The Labute approximate surface area is 207 Å². The maximum Gasteiger partial charge on any atom is 0.254 e. The predicted molar refractivity (Wildman–Crippen MR) is 135 cm³/mol. The molecule has 4 rings (SSSR count). The van der Waals surface area contributed by atoms with Crippen molar-refractivity contribution in [3.05, 3.63) is 70.8 Å². The molecule has 0 atom stereocenters. The maximum atomic E-state index is 12.8. The van der Waals surface area contributed by atoms with Gasteiger partial charge >= 0.3 is 0 Å². The Hall–Kier alpha value is -3.28. The van der Waals surface area contributed by atoms with Gasteiger partial charge in [-0.2, -0.15) is 0 Å². The first kappa shape index (κ1) is 24.8. The first-order valence-electron chi connectivity index (χ1n) is 12.8. The molecule has 0 N–H and O–H groups in total. The summed E-state index contributed by atoms with van der Waals surface area (Å²) in [4.78, 5) is 51.9. The third kappa shape index (κ3) is 6.05. The third-order valence-corrected chi connectivity index (χ3v) is 7.66. The minimum absolute atomic E-state index is 0.0387. The fourth-order valence-electron chi connectivity index (χ4n) is 5.47. The van der Waals surface area contributed by atoms with Crippen LogP contribution in [0.2, 0.25) is 0 Å². The van der Waals surface area contributed by atoms with Crippen LogP contribution in [0.5, 0.6) is 0 Å². The summed E-state index contributed by atoms with van der Waals surface area (Å²) in [6.45, 7) is 3.00. The summed E-state index contributed by atoms with van der Waals surface area (Å²) in [5.41, 5.74) is 1.92.